The molecule has 0 spiro atoms. The fourth-order valence-corrected chi connectivity index (χ4v) is 4.48. The van der Waals surface area contributed by atoms with Crippen LogP contribution in [0.3, 0.4) is 0 Å². The van der Waals surface area contributed by atoms with Crippen LogP contribution in [0.25, 0.3) is 0 Å². The minimum atomic E-state index is -1.89. The lowest BCUT2D eigenvalue weighted by molar-refractivity contribution is -0.384. The third-order valence-electron chi connectivity index (χ3n) is 6.54. The number of hydrogen-bond acceptors (Lipinski definition) is 16. The lowest BCUT2D eigenvalue weighted by Crippen LogP contribution is -2.67. The van der Waals surface area contributed by atoms with Crippen molar-refractivity contribution in [3.05, 3.63) is 0 Å². The van der Waals surface area contributed by atoms with Gasteiger partial charge in [0.05, 0.1) is 25.4 Å². The standard InChI is InChI=1S/C22H40O16/c1-22(2,3)38-21-16(32)18(12(28)9(6-25)35-21)37-20-15(31)17(11(27)8(5-24)34-20)36-19-14(30)13(29)10(26)7(4-23)33-19/h7-21,23-32H,4-6H2,1-3H3/t7?,8?,9?,10-,11-,12-,13-,14?,15?,16?,17-,18-,19+,20+,21-/m0/s1. The maximum Gasteiger partial charge on any atom is 0.187 e. The zero-order valence-corrected chi connectivity index (χ0v) is 21.2. The lowest BCUT2D eigenvalue weighted by Gasteiger charge is -2.48. The summed E-state index contributed by atoms with van der Waals surface area (Å²) in [7, 11) is 0. The van der Waals surface area contributed by atoms with Gasteiger partial charge in [-0.25, -0.2) is 0 Å². The Balaban J connectivity index is 1.81. The van der Waals surface area contributed by atoms with Gasteiger partial charge in [0.15, 0.2) is 18.9 Å². The number of aliphatic hydroxyl groups is 10. The molecule has 0 saturated carbocycles. The molecule has 0 aromatic carbocycles. The Morgan fingerprint density at radius 1 is 0.500 bits per heavy atom. The van der Waals surface area contributed by atoms with Crippen molar-refractivity contribution in [2.24, 2.45) is 0 Å². The first kappa shape index (κ1) is 31.9. The van der Waals surface area contributed by atoms with Gasteiger partial charge in [0.25, 0.3) is 0 Å². The van der Waals surface area contributed by atoms with Crippen molar-refractivity contribution in [3.8, 4) is 0 Å². The van der Waals surface area contributed by atoms with E-state index in [2.05, 4.69) is 0 Å². The maximum atomic E-state index is 11.0. The van der Waals surface area contributed by atoms with E-state index < -0.39 is 118 Å². The molecule has 0 aromatic rings. The van der Waals surface area contributed by atoms with E-state index in [1.807, 2.05) is 0 Å². The zero-order valence-electron chi connectivity index (χ0n) is 21.2. The topological polar surface area (TPSA) is 258 Å². The van der Waals surface area contributed by atoms with Crippen LogP contribution >= 0.6 is 0 Å². The molecule has 15 atom stereocenters. The quantitative estimate of drug-likeness (QED) is 0.133. The molecule has 0 aliphatic carbocycles. The molecule has 3 heterocycles. The van der Waals surface area contributed by atoms with Gasteiger partial charge in [0, 0.05) is 0 Å². The van der Waals surface area contributed by atoms with E-state index in [1.54, 1.807) is 20.8 Å². The molecule has 3 saturated heterocycles. The average Bonchev–Trinajstić information content (AvgIpc) is 2.86. The Kier molecular flexibility index (Phi) is 10.8. The molecule has 38 heavy (non-hydrogen) atoms. The summed E-state index contributed by atoms with van der Waals surface area (Å²) in [4.78, 5) is 0. The van der Waals surface area contributed by atoms with Crippen molar-refractivity contribution in [2.45, 2.75) is 118 Å². The summed E-state index contributed by atoms with van der Waals surface area (Å²) >= 11 is 0. The highest BCUT2D eigenvalue weighted by molar-refractivity contribution is 4.96. The van der Waals surface area contributed by atoms with Crippen LogP contribution < -0.4 is 0 Å². The second-order valence-corrected chi connectivity index (χ2v) is 10.5. The fraction of sp³-hybridized carbons (Fsp3) is 1.00. The summed E-state index contributed by atoms with van der Waals surface area (Å²) in [5.41, 5.74) is -0.810. The summed E-state index contributed by atoms with van der Waals surface area (Å²) in [6.45, 7) is 2.82. The Morgan fingerprint density at radius 2 is 0.868 bits per heavy atom. The zero-order chi connectivity index (χ0) is 28.5. The van der Waals surface area contributed by atoms with Gasteiger partial charge in [-0.1, -0.05) is 0 Å². The largest absolute Gasteiger partial charge is 0.394 e. The molecule has 6 unspecified atom stereocenters. The van der Waals surface area contributed by atoms with Crippen LogP contribution in [0.4, 0.5) is 0 Å². The summed E-state index contributed by atoms with van der Waals surface area (Å²) in [6, 6.07) is 0. The molecule has 16 heteroatoms. The Labute approximate surface area is 218 Å². The average molecular weight is 561 g/mol. The van der Waals surface area contributed by atoms with E-state index in [1.165, 1.54) is 0 Å². The van der Waals surface area contributed by atoms with Crippen molar-refractivity contribution in [1.29, 1.82) is 0 Å². The van der Waals surface area contributed by atoms with Crippen LogP contribution in [0, 0.1) is 0 Å². The van der Waals surface area contributed by atoms with Crippen LogP contribution in [0.5, 0.6) is 0 Å². The van der Waals surface area contributed by atoms with Crippen LogP contribution in [0.1, 0.15) is 20.8 Å². The Morgan fingerprint density at radius 3 is 1.29 bits per heavy atom. The SMILES string of the molecule is CC(C)(C)O[C@@H]1OC(CO)[C@H](O)[C@H](O[C@H]2OC(CO)[C@H](O)[C@H](O[C@H]3OC(CO)[C@H](O)[C@H](O)C3O)C2O)C1O. The molecule has 0 aromatic heterocycles. The summed E-state index contributed by atoms with van der Waals surface area (Å²) in [5.74, 6) is 0. The Bertz CT molecular complexity index is 735. The summed E-state index contributed by atoms with van der Waals surface area (Å²) < 4.78 is 33.0. The van der Waals surface area contributed by atoms with E-state index in [0.717, 1.165) is 0 Å². The second-order valence-electron chi connectivity index (χ2n) is 10.5. The molecular weight excluding hydrogens is 520 g/mol. The molecule has 3 aliphatic heterocycles. The first-order valence-electron chi connectivity index (χ1n) is 12.3. The molecule has 3 fully saturated rings. The number of ether oxygens (including phenoxy) is 6. The van der Waals surface area contributed by atoms with Gasteiger partial charge in [-0.05, 0) is 20.8 Å². The van der Waals surface area contributed by atoms with Gasteiger partial charge in [-0.3, -0.25) is 0 Å². The molecule has 224 valence electrons. The third-order valence-corrected chi connectivity index (χ3v) is 6.54. The van der Waals surface area contributed by atoms with Crippen LogP contribution in [0.15, 0.2) is 0 Å². The smallest absolute Gasteiger partial charge is 0.187 e. The van der Waals surface area contributed by atoms with E-state index in [-0.39, 0.29) is 0 Å². The van der Waals surface area contributed by atoms with E-state index >= 15 is 0 Å². The first-order valence-corrected chi connectivity index (χ1v) is 12.3. The van der Waals surface area contributed by atoms with Crippen molar-refractivity contribution in [3.63, 3.8) is 0 Å². The van der Waals surface area contributed by atoms with Crippen molar-refractivity contribution >= 4 is 0 Å². The van der Waals surface area contributed by atoms with E-state index in [0.29, 0.717) is 0 Å². The van der Waals surface area contributed by atoms with Gasteiger partial charge >= 0.3 is 0 Å². The minimum Gasteiger partial charge on any atom is -0.394 e. The van der Waals surface area contributed by atoms with Crippen molar-refractivity contribution < 1.29 is 79.5 Å². The third kappa shape index (κ3) is 6.80. The van der Waals surface area contributed by atoms with Crippen LogP contribution in [-0.4, -0.2) is 169 Å². The number of rotatable bonds is 8. The fourth-order valence-electron chi connectivity index (χ4n) is 4.48. The van der Waals surface area contributed by atoms with Gasteiger partial charge in [0.2, 0.25) is 0 Å². The molecule has 10 N–H and O–H groups in total. The molecule has 0 bridgehead atoms. The minimum absolute atomic E-state index is 0.674. The van der Waals surface area contributed by atoms with Crippen LogP contribution in [0.2, 0.25) is 0 Å². The molecule has 3 aliphatic rings. The first-order chi connectivity index (χ1) is 17.7. The lowest BCUT2D eigenvalue weighted by atomic mass is 9.96. The maximum absolute atomic E-state index is 11.0. The molecule has 16 nitrogen and oxygen atoms in total. The van der Waals surface area contributed by atoms with E-state index in [4.69, 9.17) is 28.4 Å². The van der Waals surface area contributed by atoms with Gasteiger partial charge in [0.1, 0.15) is 73.2 Å². The highest BCUT2D eigenvalue weighted by Gasteiger charge is 2.54. The van der Waals surface area contributed by atoms with Crippen LogP contribution in [-0.2, 0) is 28.4 Å². The number of hydrogen-bond donors (Lipinski definition) is 10. The number of aliphatic hydroxyl groups excluding tert-OH is 10. The van der Waals surface area contributed by atoms with E-state index in [9.17, 15) is 51.1 Å². The normalized spacial score (nSPS) is 48.7. The monoisotopic (exact) mass is 560 g/mol. The molecular formula is C22H40O16. The molecule has 3 rings (SSSR count). The van der Waals surface area contributed by atoms with Crippen molar-refractivity contribution in [1.82, 2.24) is 0 Å². The van der Waals surface area contributed by atoms with Gasteiger partial charge in [-0.2, -0.15) is 0 Å². The van der Waals surface area contributed by atoms with Gasteiger partial charge in [-0.15, -0.1) is 0 Å². The van der Waals surface area contributed by atoms with Gasteiger partial charge < -0.3 is 79.5 Å². The summed E-state index contributed by atoms with van der Waals surface area (Å²) in [5, 5.41) is 102. The predicted octanol–water partition coefficient (Wildman–Crippen LogP) is -5.75. The van der Waals surface area contributed by atoms with Crippen molar-refractivity contribution in [2.75, 3.05) is 19.8 Å². The predicted molar refractivity (Wildman–Crippen MR) is 120 cm³/mol. The molecule has 0 radical (unpaired) electrons. The molecule has 0 amide bonds. The highest BCUT2D eigenvalue weighted by atomic mass is 16.8. The second kappa shape index (κ2) is 12.9. The highest BCUT2D eigenvalue weighted by Crippen LogP contribution is 2.33. The Hall–Kier alpha value is -0.640. The summed E-state index contributed by atoms with van der Waals surface area (Å²) in [6.07, 6.45) is -24.4.